The third-order valence-electron chi connectivity index (χ3n) is 4.35. The largest absolute Gasteiger partial charge is 0.316 e. The van der Waals surface area contributed by atoms with Crippen LogP contribution in [0.3, 0.4) is 0 Å². The van der Waals surface area contributed by atoms with Crippen LogP contribution in [0.25, 0.3) is 0 Å². The minimum atomic E-state index is 0.443. The molecule has 0 aromatic rings. The van der Waals surface area contributed by atoms with E-state index in [1.165, 1.54) is 51.6 Å². The molecule has 0 saturated heterocycles. The number of rotatable bonds is 9. The third-order valence-corrected chi connectivity index (χ3v) is 4.35. The SMILES string of the molecule is CCCC(C)(CNCC)CN(C)CC1CCCC1. The molecule has 1 aliphatic rings. The molecular formula is C16H34N2. The Labute approximate surface area is 115 Å². The average molecular weight is 254 g/mol. The standard InChI is InChI=1S/C16H34N2/c1-5-11-16(3,13-17-6-2)14-18(4)12-15-9-7-8-10-15/h15,17H,5-14H2,1-4H3. The van der Waals surface area contributed by atoms with Gasteiger partial charge in [0.2, 0.25) is 0 Å². The van der Waals surface area contributed by atoms with Crippen molar-refractivity contribution in [2.45, 2.75) is 59.3 Å². The highest BCUT2D eigenvalue weighted by molar-refractivity contribution is 4.81. The molecule has 2 heteroatoms. The van der Waals surface area contributed by atoms with Crippen molar-refractivity contribution in [3.63, 3.8) is 0 Å². The van der Waals surface area contributed by atoms with Crippen molar-refractivity contribution in [2.24, 2.45) is 11.3 Å². The third kappa shape index (κ3) is 5.71. The number of hydrogen-bond donors (Lipinski definition) is 1. The molecule has 0 aromatic heterocycles. The summed E-state index contributed by atoms with van der Waals surface area (Å²) in [6, 6.07) is 0. The summed E-state index contributed by atoms with van der Waals surface area (Å²) in [6.07, 6.45) is 8.46. The van der Waals surface area contributed by atoms with E-state index in [4.69, 9.17) is 0 Å². The Kier molecular flexibility index (Phi) is 7.25. The minimum Gasteiger partial charge on any atom is -0.316 e. The van der Waals surface area contributed by atoms with Crippen molar-refractivity contribution in [2.75, 3.05) is 33.2 Å². The molecule has 1 saturated carbocycles. The molecule has 1 fully saturated rings. The van der Waals surface area contributed by atoms with Crippen molar-refractivity contribution >= 4 is 0 Å². The van der Waals surface area contributed by atoms with Crippen LogP contribution in [0.4, 0.5) is 0 Å². The van der Waals surface area contributed by atoms with Crippen molar-refractivity contribution in [3.8, 4) is 0 Å². The van der Waals surface area contributed by atoms with Gasteiger partial charge in [0.1, 0.15) is 0 Å². The van der Waals surface area contributed by atoms with Crippen LogP contribution in [-0.4, -0.2) is 38.1 Å². The van der Waals surface area contributed by atoms with Gasteiger partial charge in [0, 0.05) is 19.6 Å². The fourth-order valence-corrected chi connectivity index (χ4v) is 3.60. The molecule has 108 valence electrons. The van der Waals surface area contributed by atoms with Gasteiger partial charge in [-0.05, 0) is 44.2 Å². The summed E-state index contributed by atoms with van der Waals surface area (Å²) in [5, 5.41) is 3.55. The van der Waals surface area contributed by atoms with Gasteiger partial charge >= 0.3 is 0 Å². The second kappa shape index (κ2) is 8.16. The highest BCUT2D eigenvalue weighted by Crippen LogP contribution is 2.28. The Bertz CT molecular complexity index is 211. The zero-order chi connectivity index (χ0) is 13.4. The maximum Gasteiger partial charge on any atom is 0.00445 e. The monoisotopic (exact) mass is 254 g/mol. The van der Waals surface area contributed by atoms with Gasteiger partial charge in [0.05, 0.1) is 0 Å². The first-order valence-electron chi connectivity index (χ1n) is 7.99. The number of nitrogens with zero attached hydrogens (tertiary/aromatic N) is 1. The summed E-state index contributed by atoms with van der Waals surface area (Å²) in [6.45, 7) is 11.8. The van der Waals surface area contributed by atoms with Crippen molar-refractivity contribution in [3.05, 3.63) is 0 Å². The van der Waals surface area contributed by atoms with E-state index in [0.717, 1.165) is 19.0 Å². The average Bonchev–Trinajstić information content (AvgIpc) is 2.79. The van der Waals surface area contributed by atoms with Gasteiger partial charge in [-0.3, -0.25) is 0 Å². The van der Waals surface area contributed by atoms with E-state index in [-0.39, 0.29) is 0 Å². The van der Waals surface area contributed by atoms with E-state index in [2.05, 4.69) is 38.0 Å². The maximum atomic E-state index is 3.55. The lowest BCUT2D eigenvalue weighted by Crippen LogP contribution is -2.42. The lowest BCUT2D eigenvalue weighted by molar-refractivity contribution is 0.158. The smallest absolute Gasteiger partial charge is 0.00445 e. The van der Waals surface area contributed by atoms with Crippen LogP contribution in [0.15, 0.2) is 0 Å². The highest BCUT2D eigenvalue weighted by atomic mass is 15.1. The first-order chi connectivity index (χ1) is 8.59. The molecule has 1 N–H and O–H groups in total. The van der Waals surface area contributed by atoms with E-state index >= 15 is 0 Å². The first kappa shape index (κ1) is 16.0. The number of hydrogen-bond acceptors (Lipinski definition) is 2. The Morgan fingerprint density at radius 2 is 1.89 bits per heavy atom. The van der Waals surface area contributed by atoms with Gasteiger partial charge in [-0.1, -0.05) is 40.0 Å². The van der Waals surface area contributed by atoms with Gasteiger partial charge in [-0.15, -0.1) is 0 Å². The molecule has 0 amide bonds. The molecule has 2 nitrogen and oxygen atoms in total. The molecule has 1 atom stereocenters. The van der Waals surface area contributed by atoms with E-state index in [1.54, 1.807) is 0 Å². The molecule has 0 bridgehead atoms. The van der Waals surface area contributed by atoms with Crippen LogP contribution in [0.1, 0.15) is 59.3 Å². The molecule has 0 heterocycles. The molecule has 1 unspecified atom stereocenters. The Hall–Kier alpha value is -0.0800. The van der Waals surface area contributed by atoms with Crippen LogP contribution < -0.4 is 5.32 Å². The van der Waals surface area contributed by atoms with Crippen LogP contribution in [-0.2, 0) is 0 Å². The molecule has 0 radical (unpaired) electrons. The Morgan fingerprint density at radius 3 is 2.44 bits per heavy atom. The van der Waals surface area contributed by atoms with Crippen LogP contribution in [0.5, 0.6) is 0 Å². The Balaban J connectivity index is 2.37. The summed E-state index contributed by atoms with van der Waals surface area (Å²) in [5.74, 6) is 0.972. The second-order valence-electron chi connectivity index (χ2n) is 6.69. The molecule has 1 aliphatic carbocycles. The molecule has 18 heavy (non-hydrogen) atoms. The normalized spacial score (nSPS) is 20.5. The van der Waals surface area contributed by atoms with Gasteiger partial charge in [0.25, 0.3) is 0 Å². The summed E-state index contributed by atoms with van der Waals surface area (Å²) in [7, 11) is 2.32. The van der Waals surface area contributed by atoms with Gasteiger partial charge in [0.15, 0.2) is 0 Å². The fraction of sp³-hybridized carbons (Fsp3) is 1.00. The van der Waals surface area contributed by atoms with E-state index in [1.807, 2.05) is 0 Å². The topological polar surface area (TPSA) is 15.3 Å². The molecule has 0 spiro atoms. The fourth-order valence-electron chi connectivity index (χ4n) is 3.60. The van der Waals surface area contributed by atoms with Gasteiger partial charge in [-0.25, -0.2) is 0 Å². The minimum absolute atomic E-state index is 0.443. The van der Waals surface area contributed by atoms with E-state index in [9.17, 15) is 0 Å². The lowest BCUT2D eigenvalue weighted by Gasteiger charge is -2.35. The highest BCUT2D eigenvalue weighted by Gasteiger charge is 2.26. The summed E-state index contributed by atoms with van der Waals surface area (Å²) < 4.78 is 0. The maximum absolute atomic E-state index is 3.55. The number of nitrogens with one attached hydrogen (secondary N) is 1. The first-order valence-corrected chi connectivity index (χ1v) is 7.99. The lowest BCUT2D eigenvalue weighted by atomic mass is 9.84. The van der Waals surface area contributed by atoms with Crippen molar-refractivity contribution < 1.29 is 0 Å². The van der Waals surface area contributed by atoms with Crippen LogP contribution in [0.2, 0.25) is 0 Å². The van der Waals surface area contributed by atoms with E-state index < -0.39 is 0 Å². The zero-order valence-corrected chi connectivity index (χ0v) is 13.1. The van der Waals surface area contributed by atoms with Crippen molar-refractivity contribution in [1.82, 2.24) is 10.2 Å². The van der Waals surface area contributed by atoms with Crippen molar-refractivity contribution in [1.29, 1.82) is 0 Å². The second-order valence-corrected chi connectivity index (χ2v) is 6.69. The molecule has 0 aromatic carbocycles. The summed E-state index contributed by atoms with van der Waals surface area (Å²) in [4.78, 5) is 2.59. The predicted molar refractivity (Wildman–Crippen MR) is 81.0 cm³/mol. The summed E-state index contributed by atoms with van der Waals surface area (Å²) >= 11 is 0. The van der Waals surface area contributed by atoms with Gasteiger partial charge in [-0.2, -0.15) is 0 Å². The van der Waals surface area contributed by atoms with E-state index in [0.29, 0.717) is 5.41 Å². The van der Waals surface area contributed by atoms with Crippen LogP contribution in [0, 0.1) is 11.3 Å². The summed E-state index contributed by atoms with van der Waals surface area (Å²) in [5.41, 5.74) is 0.443. The zero-order valence-electron chi connectivity index (χ0n) is 13.1. The molecule has 0 aliphatic heterocycles. The van der Waals surface area contributed by atoms with Gasteiger partial charge < -0.3 is 10.2 Å². The molecular weight excluding hydrogens is 220 g/mol. The predicted octanol–water partition coefficient (Wildman–Crippen LogP) is 3.52. The quantitative estimate of drug-likeness (QED) is 0.677. The molecule has 1 rings (SSSR count). The van der Waals surface area contributed by atoms with Crippen LogP contribution >= 0.6 is 0 Å². The Morgan fingerprint density at radius 1 is 1.22 bits per heavy atom.